The molecule has 1 saturated heterocycles. The summed E-state index contributed by atoms with van der Waals surface area (Å²) in [6.07, 6.45) is 2.54. The van der Waals surface area contributed by atoms with Gasteiger partial charge in [0.2, 0.25) is 0 Å². The SMILES string of the molecule is CN(C)CCCN1CCN(N=Cc2ccc(-c3ccc(Cl)cc3)o2)C1=O.Cl. The maximum absolute atomic E-state index is 12.3. The maximum atomic E-state index is 12.3. The van der Waals surface area contributed by atoms with Gasteiger partial charge in [0.05, 0.1) is 12.8 Å². The van der Waals surface area contributed by atoms with Gasteiger partial charge in [0, 0.05) is 23.7 Å². The standard InChI is InChI=1S/C19H23ClN4O2.ClH/c1-22(2)10-3-11-23-12-13-24(19(23)25)21-14-17-8-9-18(26-17)15-4-6-16(20)7-5-15;/h4-9,14H,3,10-13H2,1-2H3;1H. The van der Waals surface area contributed by atoms with Gasteiger partial charge in [-0.1, -0.05) is 11.6 Å². The molecule has 3 rings (SSSR count). The second kappa shape index (κ2) is 9.78. The molecule has 146 valence electrons. The normalized spacial score (nSPS) is 14.4. The number of hydrogen-bond acceptors (Lipinski definition) is 4. The van der Waals surface area contributed by atoms with Gasteiger partial charge in [-0.2, -0.15) is 5.10 Å². The Hall–Kier alpha value is -2.02. The number of rotatable bonds is 7. The molecule has 0 spiro atoms. The van der Waals surface area contributed by atoms with Gasteiger partial charge in [0.1, 0.15) is 11.5 Å². The van der Waals surface area contributed by atoms with Crippen LogP contribution in [-0.4, -0.2) is 67.3 Å². The average Bonchev–Trinajstić information content (AvgIpc) is 3.21. The van der Waals surface area contributed by atoms with Crippen LogP contribution in [0.5, 0.6) is 0 Å². The predicted octanol–water partition coefficient (Wildman–Crippen LogP) is 4.05. The topological polar surface area (TPSA) is 52.3 Å². The quantitative estimate of drug-likeness (QED) is 0.646. The van der Waals surface area contributed by atoms with Crippen LogP contribution in [0.15, 0.2) is 45.9 Å². The van der Waals surface area contributed by atoms with E-state index >= 15 is 0 Å². The first-order valence-electron chi connectivity index (χ1n) is 8.64. The second-order valence-corrected chi connectivity index (χ2v) is 6.94. The first kappa shape index (κ1) is 21.3. The molecular formula is C19H24Cl2N4O2. The lowest BCUT2D eigenvalue weighted by molar-refractivity contribution is 0.192. The van der Waals surface area contributed by atoms with Crippen LogP contribution < -0.4 is 0 Å². The molecule has 1 fully saturated rings. The summed E-state index contributed by atoms with van der Waals surface area (Å²) in [5.41, 5.74) is 0.943. The average molecular weight is 411 g/mol. The Kier molecular flexibility index (Phi) is 7.71. The fourth-order valence-electron chi connectivity index (χ4n) is 2.78. The van der Waals surface area contributed by atoms with Gasteiger partial charge in [-0.25, -0.2) is 9.80 Å². The number of hydrazone groups is 1. The van der Waals surface area contributed by atoms with Gasteiger partial charge in [-0.15, -0.1) is 12.4 Å². The van der Waals surface area contributed by atoms with Crippen LogP contribution >= 0.6 is 24.0 Å². The van der Waals surface area contributed by atoms with Crippen molar-refractivity contribution in [1.82, 2.24) is 14.8 Å². The highest BCUT2D eigenvalue weighted by Gasteiger charge is 2.27. The van der Waals surface area contributed by atoms with Crippen molar-refractivity contribution in [3.8, 4) is 11.3 Å². The minimum absolute atomic E-state index is 0. The minimum Gasteiger partial charge on any atom is -0.455 e. The lowest BCUT2D eigenvalue weighted by Gasteiger charge is -2.17. The molecule has 0 radical (unpaired) electrons. The number of benzene rings is 1. The van der Waals surface area contributed by atoms with Crippen LogP contribution in [0.1, 0.15) is 12.2 Å². The molecule has 0 saturated carbocycles. The highest BCUT2D eigenvalue weighted by atomic mass is 35.5. The zero-order valence-electron chi connectivity index (χ0n) is 15.5. The Balaban J connectivity index is 0.00000261. The third-order valence-electron chi connectivity index (χ3n) is 4.19. The van der Waals surface area contributed by atoms with E-state index in [0.29, 0.717) is 23.9 Å². The number of furan rings is 1. The first-order valence-corrected chi connectivity index (χ1v) is 9.01. The van der Waals surface area contributed by atoms with Crippen molar-refractivity contribution in [3.05, 3.63) is 47.2 Å². The van der Waals surface area contributed by atoms with Crippen LogP contribution in [0, 0.1) is 0 Å². The van der Waals surface area contributed by atoms with E-state index in [1.54, 1.807) is 6.21 Å². The molecule has 0 unspecified atom stereocenters. The van der Waals surface area contributed by atoms with Crippen molar-refractivity contribution >= 4 is 36.3 Å². The number of urea groups is 1. The van der Waals surface area contributed by atoms with E-state index in [0.717, 1.165) is 30.8 Å². The fraction of sp³-hybridized carbons (Fsp3) is 0.368. The summed E-state index contributed by atoms with van der Waals surface area (Å²) in [5, 5.41) is 6.45. The molecule has 1 aromatic heterocycles. The molecule has 1 aliphatic heterocycles. The van der Waals surface area contributed by atoms with Gasteiger partial charge in [0.15, 0.2) is 0 Å². The highest BCUT2D eigenvalue weighted by molar-refractivity contribution is 6.30. The molecular weight excluding hydrogens is 387 g/mol. The van der Waals surface area contributed by atoms with Crippen LogP contribution in [0.4, 0.5) is 4.79 Å². The smallest absolute Gasteiger partial charge is 0.340 e. The lowest BCUT2D eigenvalue weighted by atomic mass is 10.2. The molecule has 2 amide bonds. The number of hydrogen-bond donors (Lipinski definition) is 0. The molecule has 0 aliphatic carbocycles. The van der Waals surface area contributed by atoms with Crippen LogP contribution in [0.2, 0.25) is 5.02 Å². The van der Waals surface area contributed by atoms with Crippen LogP contribution in [0.3, 0.4) is 0 Å². The fourth-order valence-corrected chi connectivity index (χ4v) is 2.91. The molecule has 1 aromatic carbocycles. The summed E-state index contributed by atoms with van der Waals surface area (Å²) < 4.78 is 5.77. The molecule has 6 nitrogen and oxygen atoms in total. The molecule has 1 aliphatic rings. The number of nitrogens with zero attached hydrogens (tertiary/aromatic N) is 4. The molecule has 0 atom stereocenters. The monoisotopic (exact) mass is 410 g/mol. The summed E-state index contributed by atoms with van der Waals surface area (Å²) >= 11 is 5.90. The van der Waals surface area contributed by atoms with E-state index < -0.39 is 0 Å². The van der Waals surface area contributed by atoms with Gasteiger partial charge in [-0.3, -0.25) is 0 Å². The van der Waals surface area contributed by atoms with E-state index in [9.17, 15) is 4.79 Å². The van der Waals surface area contributed by atoms with E-state index in [2.05, 4.69) is 10.0 Å². The molecule has 0 N–H and O–H groups in total. The summed E-state index contributed by atoms with van der Waals surface area (Å²) in [6.45, 7) is 3.03. The Morgan fingerprint density at radius 1 is 1.19 bits per heavy atom. The molecule has 0 bridgehead atoms. The third-order valence-corrected chi connectivity index (χ3v) is 4.44. The molecule has 2 heterocycles. The van der Waals surface area contributed by atoms with Crippen molar-refractivity contribution in [2.75, 3.05) is 40.3 Å². The first-order chi connectivity index (χ1) is 12.5. The summed E-state index contributed by atoms with van der Waals surface area (Å²) in [6, 6.07) is 11.1. The van der Waals surface area contributed by atoms with Crippen molar-refractivity contribution in [3.63, 3.8) is 0 Å². The minimum atomic E-state index is -0.0514. The number of halogens is 2. The maximum Gasteiger partial charge on any atom is 0.340 e. The Morgan fingerprint density at radius 3 is 2.63 bits per heavy atom. The van der Waals surface area contributed by atoms with E-state index in [-0.39, 0.29) is 18.4 Å². The van der Waals surface area contributed by atoms with Gasteiger partial charge in [0.25, 0.3) is 0 Å². The van der Waals surface area contributed by atoms with Gasteiger partial charge >= 0.3 is 6.03 Å². The van der Waals surface area contributed by atoms with Crippen molar-refractivity contribution in [1.29, 1.82) is 0 Å². The molecule has 27 heavy (non-hydrogen) atoms. The highest BCUT2D eigenvalue weighted by Crippen LogP contribution is 2.23. The van der Waals surface area contributed by atoms with Gasteiger partial charge in [-0.05, 0) is 63.5 Å². The second-order valence-electron chi connectivity index (χ2n) is 6.50. The summed E-state index contributed by atoms with van der Waals surface area (Å²) in [5.74, 6) is 1.34. The zero-order chi connectivity index (χ0) is 18.5. The Bertz CT molecular complexity index is 774. The van der Waals surface area contributed by atoms with Crippen molar-refractivity contribution < 1.29 is 9.21 Å². The largest absolute Gasteiger partial charge is 0.455 e. The lowest BCUT2D eigenvalue weighted by Crippen LogP contribution is -2.31. The number of carbonyl (C=O) groups excluding carboxylic acids is 1. The van der Waals surface area contributed by atoms with E-state index in [1.807, 2.05) is 55.4 Å². The van der Waals surface area contributed by atoms with Crippen molar-refractivity contribution in [2.24, 2.45) is 5.10 Å². The van der Waals surface area contributed by atoms with E-state index in [4.69, 9.17) is 16.0 Å². The Morgan fingerprint density at radius 2 is 1.93 bits per heavy atom. The molecule has 8 heteroatoms. The summed E-state index contributed by atoms with van der Waals surface area (Å²) in [4.78, 5) is 16.3. The number of amides is 2. The third kappa shape index (κ3) is 5.73. The summed E-state index contributed by atoms with van der Waals surface area (Å²) in [7, 11) is 4.06. The predicted molar refractivity (Wildman–Crippen MR) is 111 cm³/mol. The Labute approximate surface area is 170 Å². The molecule has 2 aromatic rings. The van der Waals surface area contributed by atoms with Gasteiger partial charge < -0.3 is 14.2 Å². The number of carbonyl (C=O) groups is 1. The van der Waals surface area contributed by atoms with E-state index in [1.165, 1.54) is 5.01 Å². The van der Waals surface area contributed by atoms with Crippen molar-refractivity contribution in [2.45, 2.75) is 6.42 Å². The van der Waals surface area contributed by atoms with Crippen LogP contribution in [-0.2, 0) is 0 Å². The van der Waals surface area contributed by atoms with Crippen LogP contribution in [0.25, 0.3) is 11.3 Å². The zero-order valence-corrected chi connectivity index (χ0v) is 17.0.